The average Bonchev–Trinajstić information content (AvgIpc) is 2.65. The average molecular weight is 261 g/mol. The summed E-state index contributed by atoms with van der Waals surface area (Å²) in [4.78, 5) is 15.6. The Labute approximate surface area is 106 Å². The van der Waals surface area contributed by atoms with Crippen LogP contribution in [0, 0.1) is 0 Å². The summed E-state index contributed by atoms with van der Waals surface area (Å²) in [6, 6.07) is -0.560. The Hall–Kier alpha value is -0.750. The summed E-state index contributed by atoms with van der Waals surface area (Å²) in [6.45, 7) is 1.54. The molecule has 0 bridgehead atoms. The highest BCUT2D eigenvalue weighted by atomic mass is 19.3. The second kappa shape index (κ2) is 5.09. The zero-order valence-electron chi connectivity index (χ0n) is 11.0. The number of carbonyl (C=O) groups is 1. The highest BCUT2D eigenvalue weighted by Crippen LogP contribution is 2.35. The Morgan fingerprint density at radius 3 is 2.50 bits per heavy atom. The summed E-state index contributed by atoms with van der Waals surface area (Å²) in [5.74, 6) is -3.02. The smallest absolute Gasteiger partial charge is 0.262 e. The first-order valence-corrected chi connectivity index (χ1v) is 6.46. The molecule has 0 radical (unpaired) electrons. The molecule has 104 valence electrons. The Balaban J connectivity index is 2.06. The summed E-state index contributed by atoms with van der Waals surface area (Å²) in [5, 5.41) is 2.50. The first-order chi connectivity index (χ1) is 8.43. The van der Waals surface area contributed by atoms with Gasteiger partial charge in [-0.1, -0.05) is 0 Å². The number of hydrogen-bond acceptors (Lipinski definition) is 3. The van der Waals surface area contributed by atoms with Crippen molar-refractivity contribution in [3.63, 3.8) is 0 Å². The van der Waals surface area contributed by atoms with E-state index in [-0.39, 0.29) is 24.9 Å². The van der Waals surface area contributed by atoms with E-state index in [1.807, 2.05) is 7.05 Å². The molecule has 2 rings (SSSR count). The minimum atomic E-state index is -2.74. The van der Waals surface area contributed by atoms with Gasteiger partial charge in [0.25, 0.3) is 5.92 Å². The van der Waals surface area contributed by atoms with Crippen molar-refractivity contribution >= 4 is 5.91 Å². The van der Waals surface area contributed by atoms with Crippen LogP contribution in [-0.4, -0.2) is 67.4 Å². The van der Waals surface area contributed by atoms with Gasteiger partial charge < -0.3 is 10.2 Å². The Kier molecular flexibility index (Phi) is 3.87. The van der Waals surface area contributed by atoms with Crippen molar-refractivity contribution in [2.75, 3.05) is 33.7 Å². The second-order valence-electron chi connectivity index (χ2n) is 5.40. The van der Waals surface area contributed by atoms with Crippen LogP contribution in [0.2, 0.25) is 0 Å². The molecule has 0 aromatic carbocycles. The minimum absolute atomic E-state index is 0.108. The third-order valence-electron chi connectivity index (χ3n) is 4.01. The highest BCUT2D eigenvalue weighted by molar-refractivity contribution is 5.82. The zero-order chi connectivity index (χ0) is 13.3. The van der Waals surface area contributed by atoms with Crippen LogP contribution in [0.4, 0.5) is 8.78 Å². The van der Waals surface area contributed by atoms with Crippen molar-refractivity contribution in [1.29, 1.82) is 0 Å². The molecule has 4 nitrogen and oxygen atoms in total. The molecule has 2 aliphatic heterocycles. The number of rotatable bonds is 2. The van der Waals surface area contributed by atoms with Crippen LogP contribution in [0.3, 0.4) is 0 Å². The van der Waals surface area contributed by atoms with Crippen molar-refractivity contribution in [3.05, 3.63) is 0 Å². The molecule has 18 heavy (non-hydrogen) atoms. The number of nitrogens with one attached hydrogen (secondary N) is 1. The predicted molar refractivity (Wildman–Crippen MR) is 64.6 cm³/mol. The van der Waals surface area contributed by atoms with Crippen LogP contribution in [0.1, 0.15) is 19.3 Å². The van der Waals surface area contributed by atoms with Gasteiger partial charge in [-0.2, -0.15) is 0 Å². The van der Waals surface area contributed by atoms with E-state index in [4.69, 9.17) is 0 Å². The first kappa shape index (κ1) is 13.7. The molecule has 1 N–H and O–H groups in total. The van der Waals surface area contributed by atoms with E-state index < -0.39 is 12.0 Å². The standard InChI is InChI=1S/C12H21F2N3O/c1-15-11(18)10-7-12(13,14)8-17(10)9-3-5-16(2)6-4-9/h9-10H,3-8H2,1-2H3,(H,15,18)/t10-/m0/s1. The third kappa shape index (κ3) is 2.80. The van der Waals surface area contributed by atoms with E-state index >= 15 is 0 Å². The van der Waals surface area contributed by atoms with Crippen molar-refractivity contribution in [3.8, 4) is 0 Å². The minimum Gasteiger partial charge on any atom is -0.358 e. The van der Waals surface area contributed by atoms with Gasteiger partial charge in [-0.3, -0.25) is 9.69 Å². The van der Waals surface area contributed by atoms with Gasteiger partial charge in [0.05, 0.1) is 12.6 Å². The highest BCUT2D eigenvalue weighted by Gasteiger charge is 2.50. The fourth-order valence-electron chi connectivity index (χ4n) is 2.96. The molecular formula is C12H21F2N3O. The molecule has 0 unspecified atom stereocenters. The Morgan fingerprint density at radius 2 is 1.94 bits per heavy atom. The number of nitrogens with zero attached hydrogens (tertiary/aromatic N) is 2. The molecule has 0 saturated carbocycles. The van der Waals surface area contributed by atoms with Gasteiger partial charge in [0.15, 0.2) is 0 Å². The normalized spacial score (nSPS) is 30.6. The van der Waals surface area contributed by atoms with Gasteiger partial charge >= 0.3 is 0 Å². The summed E-state index contributed by atoms with van der Waals surface area (Å²) >= 11 is 0. The lowest BCUT2D eigenvalue weighted by Gasteiger charge is -2.37. The van der Waals surface area contributed by atoms with Gasteiger partial charge in [0, 0.05) is 19.5 Å². The number of piperidine rings is 1. The largest absolute Gasteiger partial charge is 0.358 e. The van der Waals surface area contributed by atoms with E-state index in [0.29, 0.717) is 0 Å². The van der Waals surface area contributed by atoms with Gasteiger partial charge in [-0.25, -0.2) is 8.78 Å². The van der Waals surface area contributed by atoms with Gasteiger partial charge in [-0.15, -0.1) is 0 Å². The lowest BCUT2D eigenvalue weighted by Crippen LogP contribution is -2.50. The Bertz CT molecular complexity index is 316. The van der Waals surface area contributed by atoms with Crippen LogP contribution in [0.25, 0.3) is 0 Å². The SMILES string of the molecule is CNC(=O)[C@@H]1CC(F)(F)CN1C1CCN(C)CC1. The third-order valence-corrected chi connectivity index (χ3v) is 4.01. The maximum atomic E-state index is 13.5. The fraction of sp³-hybridized carbons (Fsp3) is 0.917. The van der Waals surface area contributed by atoms with Crippen LogP contribution in [0.15, 0.2) is 0 Å². The molecule has 0 aromatic rings. The molecule has 6 heteroatoms. The molecule has 2 heterocycles. The predicted octanol–water partition coefficient (Wildman–Crippen LogP) is 0.536. The van der Waals surface area contributed by atoms with Crippen LogP contribution >= 0.6 is 0 Å². The van der Waals surface area contributed by atoms with Crippen molar-refractivity contribution < 1.29 is 13.6 Å². The van der Waals surface area contributed by atoms with E-state index in [1.54, 1.807) is 4.90 Å². The number of carbonyl (C=O) groups excluding carboxylic acids is 1. The van der Waals surface area contributed by atoms with Gasteiger partial charge in [0.2, 0.25) is 5.91 Å². The molecule has 1 amide bonds. The van der Waals surface area contributed by atoms with Crippen molar-refractivity contribution in [1.82, 2.24) is 15.1 Å². The van der Waals surface area contributed by atoms with Crippen LogP contribution in [0.5, 0.6) is 0 Å². The molecule has 2 aliphatic rings. The molecular weight excluding hydrogens is 240 g/mol. The van der Waals surface area contributed by atoms with Crippen molar-refractivity contribution in [2.45, 2.75) is 37.3 Å². The maximum absolute atomic E-state index is 13.5. The van der Waals surface area contributed by atoms with Crippen LogP contribution in [-0.2, 0) is 4.79 Å². The van der Waals surface area contributed by atoms with E-state index in [9.17, 15) is 13.6 Å². The molecule has 2 saturated heterocycles. The fourth-order valence-corrected chi connectivity index (χ4v) is 2.96. The molecule has 0 spiro atoms. The number of likely N-dealkylation sites (N-methyl/N-ethyl adjacent to an activating group) is 1. The summed E-state index contributed by atoms with van der Waals surface area (Å²) in [6.07, 6.45) is 1.37. The van der Waals surface area contributed by atoms with Gasteiger partial charge in [-0.05, 0) is 33.0 Å². The van der Waals surface area contributed by atoms with E-state index in [1.165, 1.54) is 7.05 Å². The summed E-state index contributed by atoms with van der Waals surface area (Å²) in [5.41, 5.74) is 0. The number of likely N-dealkylation sites (tertiary alicyclic amines) is 2. The maximum Gasteiger partial charge on any atom is 0.262 e. The summed E-state index contributed by atoms with van der Waals surface area (Å²) in [7, 11) is 3.54. The number of halogens is 2. The number of amides is 1. The summed E-state index contributed by atoms with van der Waals surface area (Å²) < 4.78 is 27.1. The molecule has 0 aliphatic carbocycles. The monoisotopic (exact) mass is 261 g/mol. The zero-order valence-corrected chi connectivity index (χ0v) is 11.0. The topological polar surface area (TPSA) is 35.6 Å². The molecule has 1 atom stereocenters. The van der Waals surface area contributed by atoms with Crippen molar-refractivity contribution in [2.24, 2.45) is 0 Å². The molecule has 2 fully saturated rings. The Morgan fingerprint density at radius 1 is 1.33 bits per heavy atom. The first-order valence-electron chi connectivity index (χ1n) is 6.46. The van der Waals surface area contributed by atoms with Crippen LogP contribution < -0.4 is 5.32 Å². The van der Waals surface area contributed by atoms with E-state index in [2.05, 4.69) is 10.2 Å². The lowest BCUT2D eigenvalue weighted by molar-refractivity contribution is -0.126. The number of hydrogen-bond donors (Lipinski definition) is 1. The second-order valence-corrected chi connectivity index (χ2v) is 5.40. The quantitative estimate of drug-likeness (QED) is 0.788. The molecule has 0 aromatic heterocycles. The lowest BCUT2D eigenvalue weighted by atomic mass is 10.0. The van der Waals surface area contributed by atoms with Gasteiger partial charge in [0.1, 0.15) is 0 Å². The number of alkyl halides is 2. The van der Waals surface area contributed by atoms with E-state index in [0.717, 1.165) is 25.9 Å².